The molecule has 0 bridgehead atoms. The Kier molecular flexibility index (Phi) is 5.33. The van der Waals surface area contributed by atoms with E-state index in [0.717, 1.165) is 5.56 Å². The van der Waals surface area contributed by atoms with Crippen molar-refractivity contribution in [2.75, 3.05) is 12.8 Å². The second-order valence-corrected chi connectivity index (χ2v) is 7.47. The number of nitrogens with one attached hydrogen (secondary N) is 1. The number of hydrogen-bond acceptors (Lipinski definition) is 3. The predicted molar refractivity (Wildman–Crippen MR) is 90.3 cm³/mol. The van der Waals surface area contributed by atoms with E-state index in [1.54, 1.807) is 6.92 Å². The van der Waals surface area contributed by atoms with Gasteiger partial charge in [-0.3, -0.25) is 4.79 Å². The van der Waals surface area contributed by atoms with Gasteiger partial charge in [-0.25, -0.2) is 0 Å². The summed E-state index contributed by atoms with van der Waals surface area (Å²) >= 11 is 1.89. The van der Waals surface area contributed by atoms with Crippen molar-refractivity contribution in [1.29, 1.82) is 0 Å². The largest absolute Gasteiger partial charge is 0.353 e. The van der Waals surface area contributed by atoms with Crippen LogP contribution in [0.1, 0.15) is 44.6 Å². The molecule has 1 aromatic rings. The Hall–Kier alpha value is -1.00. The number of nitrogens with two attached hydrogens (primary N) is 1. The summed E-state index contributed by atoms with van der Waals surface area (Å²) in [5, 5.41) is 3.10. The Morgan fingerprint density at radius 3 is 2.48 bits per heavy atom. The third-order valence-electron chi connectivity index (χ3n) is 4.61. The standard InChI is InChI=1S/C17H26N2OS/c1-16(18,14-9-5-3-6-10-14)15(20)19-13-17(21-2)11-7-4-8-12-17/h3,5-6,9-10H,4,7-8,11-13,18H2,1-2H3,(H,19,20). The first-order valence-corrected chi connectivity index (χ1v) is 8.90. The maximum atomic E-state index is 12.5. The maximum Gasteiger partial charge on any atom is 0.244 e. The van der Waals surface area contributed by atoms with Gasteiger partial charge in [0.25, 0.3) is 0 Å². The molecule has 1 atom stereocenters. The van der Waals surface area contributed by atoms with Crippen LogP contribution in [0.3, 0.4) is 0 Å². The monoisotopic (exact) mass is 306 g/mol. The Labute approximate surface area is 132 Å². The van der Waals surface area contributed by atoms with E-state index in [1.165, 1.54) is 32.1 Å². The molecule has 3 nitrogen and oxygen atoms in total. The van der Waals surface area contributed by atoms with Gasteiger partial charge in [0.2, 0.25) is 5.91 Å². The van der Waals surface area contributed by atoms with Crippen LogP contribution >= 0.6 is 11.8 Å². The fourth-order valence-electron chi connectivity index (χ4n) is 2.99. The average Bonchev–Trinajstić information content (AvgIpc) is 2.54. The highest BCUT2D eigenvalue weighted by Gasteiger charge is 2.35. The Morgan fingerprint density at radius 2 is 1.90 bits per heavy atom. The topological polar surface area (TPSA) is 55.1 Å². The molecule has 4 heteroatoms. The number of hydrogen-bond donors (Lipinski definition) is 2. The lowest BCUT2D eigenvalue weighted by molar-refractivity contribution is -0.126. The van der Waals surface area contributed by atoms with Crippen molar-refractivity contribution in [3.63, 3.8) is 0 Å². The smallest absolute Gasteiger partial charge is 0.244 e. The first kappa shape index (κ1) is 16.4. The molecule has 3 N–H and O–H groups in total. The fraction of sp³-hybridized carbons (Fsp3) is 0.588. The number of carbonyl (C=O) groups is 1. The number of rotatable bonds is 5. The van der Waals surface area contributed by atoms with Crippen molar-refractivity contribution >= 4 is 17.7 Å². The second kappa shape index (κ2) is 6.84. The first-order chi connectivity index (χ1) is 10.0. The van der Waals surface area contributed by atoms with E-state index in [9.17, 15) is 4.79 Å². The van der Waals surface area contributed by atoms with Crippen LogP contribution in [0.15, 0.2) is 30.3 Å². The molecule has 0 heterocycles. The Balaban J connectivity index is 2.00. The van der Waals surface area contributed by atoms with Crippen molar-refractivity contribution in [2.45, 2.75) is 49.3 Å². The van der Waals surface area contributed by atoms with E-state index in [1.807, 2.05) is 42.1 Å². The number of amides is 1. The van der Waals surface area contributed by atoms with Gasteiger partial charge in [-0.05, 0) is 31.6 Å². The normalized spacial score (nSPS) is 20.5. The molecule has 1 amide bonds. The summed E-state index contributed by atoms with van der Waals surface area (Å²) in [5.41, 5.74) is 6.14. The highest BCUT2D eigenvalue weighted by atomic mass is 32.2. The van der Waals surface area contributed by atoms with Gasteiger partial charge in [-0.15, -0.1) is 0 Å². The van der Waals surface area contributed by atoms with Gasteiger partial charge >= 0.3 is 0 Å². The van der Waals surface area contributed by atoms with Crippen LogP contribution in [0.25, 0.3) is 0 Å². The van der Waals surface area contributed by atoms with Crippen molar-refractivity contribution in [3.05, 3.63) is 35.9 Å². The minimum atomic E-state index is -0.977. The molecule has 1 aliphatic rings. The zero-order valence-corrected chi connectivity index (χ0v) is 13.8. The van der Waals surface area contributed by atoms with E-state index in [4.69, 9.17) is 5.73 Å². The van der Waals surface area contributed by atoms with Gasteiger partial charge < -0.3 is 11.1 Å². The lowest BCUT2D eigenvalue weighted by Gasteiger charge is -2.37. The zero-order valence-electron chi connectivity index (χ0n) is 13.0. The zero-order chi connectivity index (χ0) is 15.3. The highest BCUT2D eigenvalue weighted by Crippen LogP contribution is 2.38. The van der Waals surface area contributed by atoms with E-state index in [2.05, 4.69) is 11.6 Å². The van der Waals surface area contributed by atoms with Gasteiger partial charge in [-0.2, -0.15) is 11.8 Å². The molecule has 0 aliphatic heterocycles. The SMILES string of the molecule is CSC1(CNC(=O)C(C)(N)c2ccccc2)CCCCC1. The number of benzene rings is 1. The van der Waals surface area contributed by atoms with Crippen molar-refractivity contribution in [3.8, 4) is 0 Å². The lowest BCUT2D eigenvalue weighted by atomic mass is 9.87. The minimum Gasteiger partial charge on any atom is -0.353 e. The van der Waals surface area contributed by atoms with E-state index >= 15 is 0 Å². The van der Waals surface area contributed by atoms with Crippen LogP contribution in [-0.4, -0.2) is 23.5 Å². The molecule has 1 unspecified atom stereocenters. The average molecular weight is 306 g/mol. The molecule has 116 valence electrons. The number of thioether (sulfide) groups is 1. The highest BCUT2D eigenvalue weighted by molar-refractivity contribution is 8.00. The van der Waals surface area contributed by atoms with Crippen LogP contribution in [0.4, 0.5) is 0 Å². The summed E-state index contributed by atoms with van der Waals surface area (Å²) in [6.45, 7) is 2.50. The van der Waals surface area contributed by atoms with Crippen LogP contribution in [0.2, 0.25) is 0 Å². The summed E-state index contributed by atoms with van der Waals surface area (Å²) < 4.78 is 0.195. The van der Waals surface area contributed by atoms with E-state index in [-0.39, 0.29) is 10.7 Å². The number of carbonyl (C=O) groups excluding carboxylic acids is 1. The van der Waals surface area contributed by atoms with Crippen molar-refractivity contribution in [1.82, 2.24) is 5.32 Å². The van der Waals surface area contributed by atoms with Crippen LogP contribution < -0.4 is 11.1 Å². The molecular formula is C17H26N2OS. The molecule has 1 aliphatic carbocycles. The van der Waals surface area contributed by atoms with Gasteiger partial charge in [0, 0.05) is 11.3 Å². The molecule has 21 heavy (non-hydrogen) atoms. The van der Waals surface area contributed by atoms with Crippen molar-refractivity contribution in [2.24, 2.45) is 5.73 Å². The van der Waals surface area contributed by atoms with Gasteiger partial charge in [0.05, 0.1) is 0 Å². The molecule has 1 saturated carbocycles. The first-order valence-electron chi connectivity index (χ1n) is 7.68. The molecular weight excluding hydrogens is 280 g/mol. The van der Waals surface area contributed by atoms with Gasteiger partial charge in [0.15, 0.2) is 0 Å². The maximum absolute atomic E-state index is 12.5. The summed E-state index contributed by atoms with van der Waals surface area (Å²) in [5.74, 6) is -0.0901. The second-order valence-electron chi connectivity index (χ2n) is 6.20. The van der Waals surface area contributed by atoms with Crippen LogP contribution in [-0.2, 0) is 10.3 Å². The molecule has 0 aromatic heterocycles. The molecule has 1 aromatic carbocycles. The molecule has 0 saturated heterocycles. The Morgan fingerprint density at radius 1 is 1.29 bits per heavy atom. The molecule has 1 fully saturated rings. The summed E-state index contributed by atoms with van der Waals surface area (Å²) in [6, 6.07) is 9.58. The van der Waals surface area contributed by atoms with Crippen LogP contribution in [0, 0.1) is 0 Å². The van der Waals surface area contributed by atoms with Gasteiger partial charge in [-0.1, -0.05) is 49.6 Å². The van der Waals surface area contributed by atoms with Gasteiger partial charge in [0.1, 0.15) is 5.54 Å². The summed E-state index contributed by atoms with van der Waals surface area (Å²) in [4.78, 5) is 12.5. The minimum absolute atomic E-state index is 0.0901. The molecule has 0 spiro atoms. The van der Waals surface area contributed by atoms with E-state index < -0.39 is 5.54 Å². The van der Waals surface area contributed by atoms with Crippen LogP contribution in [0.5, 0.6) is 0 Å². The summed E-state index contributed by atoms with van der Waals surface area (Å²) in [7, 11) is 0. The lowest BCUT2D eigenvalue weighted by Crippen LogP contribution is -2.52. The van der Waals surface area contributed by atoms with Crippen molar-refractivity contribution < 1.29 is 4.79 Å². The van der Waals surface area contributed by atoms with E-state index in [0.29, 0.717) is 6.54 Å². The molecule has 2 rings (SSSR count). The molecule has 0 radical (unpaired) electrons. The quantitative estimate of drug-likeness (QED) is 0.879. The third kappa shape index (κ3) is 3.80. The fourth-order valence-corrected chi connectivity index (χ4v) is 3.90. The third-order valence-corrected chi connectivity index (χ3v) is 6.03. The predicted octanol–water partition coefficient (Wildman–Crippen LogP) is 3.04. The summed E-state index contributed by atoms with van der Waals surface area (Å²) in [6.07, 6.45) is 8.35. The Bertz CT molecular complexity index is 467.